The fraction of sp³-hybridized carbons (Fsp3) is 0.571. The minimum absolute atomic E-state index is 0.0381. The topological polar surface area (TPSA) is 93.9 Å². The molecule has 1 aromatic rings. The van der Waals surface area contributed by atoms with E-state index in [0.29, 0.717) is 21.8 Å². The summed E-state index contributed by atoms with van der Waals surface area (Å²) in [6.07, 6.45) is 1.75. The molecule has 8 heteroatoms. The van der Waals surface area contributed by atoms with Crippen molar-refractivity contribution in [3.63, 3.8) is 0 Å². The normalized spacial score (nSPS) is 15.3. The number of ether oxygens (including phenoxy) is 1. The molecule has 0 atom stereocenters. The lowest BCUT2D eigenvalue weighted by Crippen LogP contribution is -2.41. The summed E-state index contributed by atoms with van der Waals surface area (Å²) in [5, 5.41) is 2.87. The van der Waals surface area contributed by atoms with Crippen molar-refractivity contribution in [1.29, 1.82) is 0 Å². The SMILES string of the molecule is COc1cc(C)c(S(=O)(=O)N(CNCON)C2CC2)c(C)c1. The second-order valence-corrected chi connectivity index (χ2v) is 7.26. The smallest absolute Gasteiger partial charge is 0.245 e. The van der Waals surface area contributed by atoms with Crippen LogP contribution in [0.4, 0.5) is 0 Å². The fourth-order valence-electron chi connectivity index (χ4n) is 2.54. The van der Waals surface area contributed by atoms with Crippen LogP contribution in [-0.2, 0) is 14.9 Å². The average molecular weight is 329 g/mol. The van der Waals surface area contributed by atoms with Crippen molar-refractivity contribution in [3.05, 3.63) is 23.3 Å². The van der Waals surface area contributed by atoms with Crippen molar-refractivity contribution in [2.45, 2.75) is 37.6 Å². The zero-order valence-electron chi connectivity index (χ0n) is 13.1. The predicted molar refractivity (Wildman–Crippen MR) is 82.7 cm³/mol. The van der Waals surface area contributed by atoms with Gasteiger partial charge in [0, 0.05) is 6.04 Å². The third kappa shape index (κ3) is 3.58. The lowest BCUT2D eigenvalue weighted by molar-refractivity contribution is 0.111. The van der Waals surface area contributed by atoms with Crippen LogP contribution in [0, 0.1) is 13.8 Å². The molecule has 124 valence electrons. The maximum absolute atomic E-state index is 13.0. The van der Waals surface area contributed by atoms with Crippen molar-refractivity contribution >= 4 is 10.0 Å². The first-order valence-corrected chi connectivity index (χ1v) is 8.55. The number of sulfonamides is 1. The van der Waals surface area contributed by atoms with E-state index in [-0.39, 0.29) is 19.4 Å². The Morgan fingerprint density at radius 1 is 1.32 bits per heavy atom. The number of hydrogen-bond donors (Lipinski definition) is 2. The number of nitrogens with two attached hydrogens (primary N) is 1. The molecule has 0 amide bonds. The largest absolute Gasteiger partial charge is 0.497 e. The van der Waals surface area contributed by atoms with E-state index in [0.717, 1.165) is 12.8 Å². The van der Waals surface area contributed by atoms with Crippen LogP contribution in [0.2, 0.25) is 0 Å². The molecule has 0 bridgehead atoms. The highest BCUT2D eigenvalue weighted by atomic mass is 32.2. The predicted octanol–water partition coefficient (Wildman–Crippen LogP) is 0.860. The number of nitrogens with zero attached hydrogens (tertiary/aromatic N) is 1. The molecule has 7 nitrogen and oxygen atoms in total. The first kappa shape index (κ1) is 17.2. The Bertz CT molecular complexity index is 606. The standard InChI is InChI=1S/C14H23N3O4S/c1-10-6-13(20-3)7-11(2)14(10)22(18,19)17(12-4-5-12)8-16-9-21-15/h6-7,12,16H,4-5,8-9,15H2,1-3H3. The lowest BCUT2D eigenvalue weighted by atomic mass is 10.1. The van der Waals surface area contributed by atoms with Gasteiger partial charge in [-0.2, -0.15) is 4.31 Å². The van der Waals surface area contributed by atoms with Crippen LogP contribution in [0.5, 0.6) is 5.75 Å². The Balaban J connectivity index is 2.35. The van der Waals surface area contributed by atoms with Gasteiger partial charge in [0.1, 0.15) is 12.5 Å². The van der Waals surface area contributed by atoms with Gasteiger partial charge in [0.15, 0.2) is 0 Å². The Labute approximate surface area is 131 Å². The third-order valence-electron chi connectivity index (χ3n) is 3.64. The Morgan fingerprint density at radius 2 is 1.91 bits per heavy atom. The number of methoxy groups -OCH3 is 1. The Hall–Kier alpha value is -1.19. The molecule has 0 radical (unpaired) electrons. The van der Waals surface area contributed by atoms with Crippen LogP contribution in [0.25, 0.3) is 0 Å². The molecule has 1 aromatic carbocycles. The van der Waals surface area contributed by atoms with E-state index in [2.05, 4.69) is 10.2 Å². The molecule has 0 aliphatic heterocycles. The molecule has 0 heterocycles. The summed E-state index contributed by atoms with van der Waals surface area (Å²) in [7, 11) is -2.02. The number of nitrogens with one attached hydrogen (secondary N) is 1. The average Bonchev–Trinajstić information content (AvgIpc) is 3.26. The molecule has 0 aromatic heterocycles. The van der Waals surface area contributed by atoms with E-state index >= 15 is 0 Å². The highest BCUT2D eigenvalue weighted by molar-refractivity contribution is 7.89. The molecule has 3 N–H and O–H groups in total. The minimum Gasteiger partial charge on any atom is -0.497 e. The van der Waals surface area contributed by atoms with Crippen LogP contribution < -0.4 is 16.0 Å². The molecule has 22 heavy (non-hydrogen) atoms. The Morgan fingerprint density at radius 3 is 2.36 bits per heavy atom. The molecular formula is C14H23N3O4S. The van der Waals surface area contributed by atoms with Gasteiger partial charge in [-0.3, -0.25) is 10.2 Å². The van der Waals surface area contributed by atoms with Crippen LogP contribution in [0.3, 0.4) is 0 Å². The van der Waals surface area contributed by atoms with Crippen molar-refractivity contribution in [3.8, 4) is 5.75 Å². The summed E-state index contributed by atoms with van der Waals surface area (Å²) in [6.45, 7) is 3.84. The fourth-order valence-corrected chi connectivity index (χ4v) is 4.57. The van der Waals surface area contributed by atoms with Crippen LogP contribution in [0.15, 0.2) is 17.0 Å². The van der Waals surface area contributed by atoms with E-state index in [9.17, 15) is 8.42 Å². The molecule has 1 aliphatic rings. The molecular weight excluding hydrogens is 306 g/mol. The highest BCUT2D eigenvalue weighted by Crippen LogP contribution is 2.34. The van der Waals surface area contributed by atoms with Gasteiger partial charge in [-0.1, -0.05) is 0 Å². The molecule has 0 unspecified atom stereocenters. The van der Waals surface area contributed by atoms with Gasteiger partial charge in [-0.05, 0) is 49.9 Å². The Kier molecular flexibility index (Phi) is 5.41. The van der Waals surface area contributed by atoms with Crippen molar-refractivity contribution < 1.29 is 18.0 Å². The highest BCUT2D eigenvalue weighted by Gasteiger charge is 2.39. The van der Waals surface area contributed by atoms with Crippen LogP contribution in [-0.4, -0.2) is 39.3 Å². The number of aryl methyl sites for hydroxylation is 2. The number of rotatable bonds is 8. The summed E-state index contributed by atoms with van der Waals surface area (Å²) in [5.74, 6) is 5.62. The van der Waals surface area contributed by atoms with Gasteiger partial charge in [-0.25, -0.2) is 14.3 Å². The summed E-state index contributed by atoms with van der Waals surface area (Å²) < 4.78 is 32.7. The van der Waals surface area contributed by atoms with Crippen LogP contribution in [0.1, 0.15) is 24.0 Å². The monoisotopic (exact) mass is 329 g/mol. The number of benzene rings is 1. The van der Waals surface area contributed by atoms with Crippen LogP contribution >= 0.6 is 0 Å². The van der Waals surface area contributed by atoms with Gasteiger partial charge in [0.05, 0.1) is 18.7 Å². The lowest BCUT2D eigenvalue weighted by Gasteiger charge is -2.24. The molecule has 1 saturated carbocycles. The van der Waals surface area contributed by atoms with Crippen molar-refractivity contribution in [2.75, 3.05) is 20.5 Å². The van der Waals surface area contributed by atoms with E-state index < -0.39 is 10.0 Å². The van der Waals surface area contributed by atoms with Gasteiger partial charge in [-0.15, -0.1) is 0 Å². The zero-order chi connectivity index (χ0) is 16.3. The summed E-state index contributed by atoms with van der Waals surface area (Å²) in [5.41, 5.74) is 1.36. The second kappa shape index (κ2) is 6.93. The summed E-state index contributed by atoms with van der Waals surface area (Å²) >= 11 is 0. The molecule has 2 rings (SSSR count). The molecule has 1 fully saturated rings. The van der Waals surface area contributed by atoms with Gasteiger partial charge < -0.3 is 4.74 Å². The molecule has 1 aliphatic carbocycles. The van der Waals surface area contributed by atoms with Gasteiger partial charge in [0.2, 0.25) is 10.0 Å². The van der Waals surface area contributed by atoms with E-state index in [4.69, 9.17) is 10.6 Å². The zero-order valence-corrected chi connectivity index (χ0v) is 13.9. The van der Waals surface area contributed by atoms with Gasteiger partial charge >= 0.3 is 0 Å². The first-order chi connectivity index (χ1) is 10.4. The van der Waals surface area contributed by atoms with E-state index in [1.807, 2.05) is 0 Å². The minimum atomic E-state index is -3.59. The molecule has 0 saturated heterocycles. The second-order valence-electron chi connectivity index (χ2n) is 5.43. The van der Waals surface area contributed by atoms with Crippen molar-refractivity contribution in [2.24, 2.45) is 5.90 Å². The number of hydrogen-bond acceptors (Lipinski definition) is 6. The first-order valence-electron chi connectivity index (χ1n) is 7.11. The maximum Gasteiger partial charge on any atom is 0.245 e. The third-order valence-corrected chi connectivity index (χ3v) is 5.85. The van der Waals surface area contributed by atoms with Crippen molar-refractivity contribution in [1.82, 2.24) is 9.62 Å². The van der Waals surface area contributed by atoms with E-state index in [1.54, 1.807) is 33.1 Å². The summed E-state index contributed by atoms with van der Waals surface area (Å²) in [4.78, 5) is 4.78. The molecule has 0 spiro atoms. The summed E-state index contributed by atoms with van der Waals surface area (Å²) in [6, 6.07) is 3.51. The van der Waals surface area contributed by atoms with Gasteiger partial charge in [0.25, 0.3) is 0 Å². The quantitative estimate of drug-likeness (QED) is 0.417. The maximum atomic E-state index is 13.0. The van der Waals surface area contributed by atoms with E-state index in [1.165, 1.54) is 4.31 Å².